The number of ether oxygens (including phenoxy) is 1. The fourth-order valence-corrected chi connectivity index (χ4v) is 2.60. The van der Waals surface area contributed by atoms with Crippen molar-refractivity contribution < 1.29 is 4.74 Å². The van der Waals surface area contributed by atoms with Crippen LogP contribution < -0.4 is 4.74 Å². The third-order valence-corrected chi connectivity index (χ3v) is 4.23. The van der Waals surface area contributed by atoms with Crippen LogP contribution in [0.25, 0.3) is 11.4 Å². The van der Waals surface area contributed by atoms with Crippen LogP contribution in [0.4, 0.5) is 0 Å². The quantitative estimate of drug-likeness (QED) is 0.542. The molecule has 3 nitrogen and oxygen atoms in total. The second-order valence-corrected chi connectivity index (χ2v) is 6.41. The van der Waals surface area contributed by atoms with Crippen molar-refractivity contribution in [3.63, 3.8) is 0 Å². The number of hydrogen-bond donors (Lipinski definition) is 0. The molecule has 0 fully saturated rings. The molecule has 23 heavy (non-hydrogen) atoms. The smallest absolute Gasteiger partial charge is 0.218 e. The van der Waals surface area contributed by atoms with Gasteiger partial charge in [0.05, 0.1) is 6.61 Å². The average molecular weight is 353 g/mol. The van der Waals surface area contributed by atoms with E-state index in [1.165, 1.54) is 19.3 Å². The van der Waals surface area contributed by atoms with E-state index in [9.17, 15) is 0 Å². The molecule has 0 amide bonds. The van der Waals surface area contributed by atoms with Crippen LogP contribution >= 0.6 is 23.2 Å². The van der Waals surface area contributed by atoms with E-state index in [4.69, 9.17) is 27.9 Å². The van der Waals surface area contributed by atoms with Crippen molar-refractivity contribution in [2.45, 2.75) is 39.5 Å². The second kappa shape index (κ2) is 9.09. The normalized spacial score (nSPS) is 12.2. The van der Waals surface area contributed by atoms with E-state index < -0.39 is 0 Å². The molecule has 1 atom stereocenters. The predicted octanol–water partition coefficient (Wildman–Crippen LogP) is 6.05. The Morgan fingerprint density at radius 3 is 2.48 bits per heavy atom. The van der Waals surface area contributed by atoms with Crippen molar-refractivity contribution in [3.05, 3.63) is 40.5 Å². The zero-order valence-electron chi connectivity index (χ0n) is 13.6. The van der Waals surface area contributed by atoms with Crippen molar-refractivity contribution in [2.75, 3.05) is 6.61 Å². The monoisotopic (exact) mass is 352 g/mol. The number of aromatic nitrogens is 2. The van der Waals surface area contributed by atoms with Crippen molar-refractivity contribution in [1.82, 2.24) is 9.97 Å². The van der Waals surface area contributed by atoms with Crippen LogP contribution in [0.5, 0.6) is 5.88 Å². The minimum Gasteiger partial charge on any atom is -0.477 e. The molecule has 0 saturated heterocycles. The van der Waals surface area contributed by atoms with Gasteiger partial charge in [-0.1, -0.05) is 56.3 Å². The summed E-state index contributed by atoms with van der Waals surface area (Å²) in [7, 11) is 0. The Morgan fingerprint density at radius 2 is 1.83 bits per heavy atom. The molecule has 0 spiro atoms. The standard InChI is InChI=1S/C18H22Cl2N2O/c1-3-5-6-13(4-2)12-23-17-11-16(20)21-18(22-17)14-7-9-15(19)10-8-14/h7-11,13H,3-6,12H2,1-2H3. The zero-order valence-corrected chi connectivity index (χ0v) is 15.1. The number of rotatable bonds is 8. The highest BCUT2D eigenvalue weighted by Gasteiger charge is 2.10. The Labute approximate surface area is 148 Å². The summed E-state index contributed by atoms with van der Waals surface area (Å²) in [6.45, 7) is 5.05. The van der Waals surface area contributed by atoms with E-state index in [1.807, 2.05) is 12.1 Å². The van der Waals surface area contributed by atoms with Gasteiger partial charge in [0.1, 0.15) is 5.15 Å². The van der Waals surface area contributed by atoms with Crippen molar-refractivity contribution in [3.8, 4) is 17.3 Å². The average Bonchev–Trinajstić information content (AvgIpc) is 2.55. The summed E-state index contributed by atoms with van der Waals surface area (Å²) >= 11 is 12.0. The molecule has 2 aromatic rings. The van der Waals surface area contributed by atoms with Crippen molar-refractivity contribution >= 4 is 23.2 Å². The molecule has 0 bridgehead atoms. The van der Waals surface area contributed by atoms with Gasteiger partial charge in [0.15, 0.2) is 5.82 Å². The number of hydrogen-bond acceptors (Lipinski definition) is 3. The maximum absolute atomic E-state index is 6.11. The van der Waals surface area contributed by atoms with E-state index in [0.29, 0.717) is 34.4 Å². The molecular weight excluding hydrogens is 331 g/mol. The molecule has 5 heteroatoms. The topological polar surface area (TPSA) is 35.0 Å². The Kier molecular flexibility index (Phi) is 7.13. The van der Waals surface area contributed by atoms with E-state index in [1.54, 1.807) is 18.2 Å². The van der Waals surface area contributed by atoms with Crippen LogP contribution in [-0.4, -0.2) is 16.6 Å². The molecule has 0 aliphatic carbocycles. The second-order valence-electron chi connectivity index (χ2n) is 5.59. The Morgan fingerprint density at radius 1 is 1.09 bits per heavy atom. The van der Waals surface area contributed by atoms with Gasteiger partial charge in [-0.05, 0) is 36.6 Å². The molecule has 0 aliphatic rings. The lowest BCUT2D eigenvalue weighted by atomic mass is 10.0. The van der Waals surface area contributed by atoms with Crippen LogP contribution in [0.1, 0.15) is 39.5 Å². The summed E-state index contributed by atoms with van der Waals surface area (Å²) in [6, 6.07) is 9.01. The Hall–Kier alpha value is -1.32. The van der Waals surface area contributed by atoms with Gasteiger partial charge in [-0.15, -0.1) is 0 Å². The van der Waals surface area contributed by atoms with Crippen molar-refractivity contribution in [2.24, 2.45) is 5.92 Å². The first-order valence-electron chi connectivity index (χ1n) is 8.05. The Balaban J connectivity index is 2.09. The fraction of sp³-hybridized carbons (Fsp3) is 0.444. The maximum atomic E-state index is 6.11. The molecule has 0 saturated carbocycles. The molecule has 1 aromatic carbocycles. The third kappa shape index (κ3) is 5.67. The predicted molar refractivity (Wildman–Crippen MR) is 96.3 cm³/mol. The molecule has 1 aromatic heterocycles. The highest BCUT2D eigenvalue weighted by atomic mass is 35.5. The number of benzene rings is 1. The Bertz CT molecular complexity index is 617. The lowest BCUT2D eigenvalue weighted by Gasteiger charge is -2.15. The molecule has 2 rings (SSSR count). The lowest BCUT2D eigenvalue weighted by Crippen LogP contribution is -2.12. The van der Waals surface area contributed by atoms with Gasteiger partial charge in [-0.2, -0.15) is 4.98 Å². The van der Waals surface area contributed by atoms with E-state index in [-0.39, 0.29) is 0 Å². The minimum absolute atomic E-state index is 0.376. The highest BCUT2D eigenvalue weighted by molar-refractivity contribution is 6.30. The van der Waals surface area contributed by atoms with E-state index in [0.717, 1.165) is 12.0 Å². The SMILES string of the molecule is CCCCC(CC)COc1cc(Cl)nc(-c2ccc(Cl)cc2)n1. The van der Waals surface area contributed by atoms with Crippen molar-refractivity contribution in [1.29, 1.82) is 0 Å². The van der Waals surface area contributed by atoms with Gasteiger partial charge in [-0.25, -0.2) is 4.98 Å². The van der Waals surface area contributed by atoms with Crippen LogP contribution in [0.3, 0.4) is 0 Å². The minimum atomic E-state index is 0.376. The summed E-state index contributed by atoms with van der Waals surface area (Å²) in [5.74, 6) is 1.61. The summed E-state index contributed by atoms with van der Waals surface area (Å²) < 4.78 is 5.86. The molecule has 1 heterocycles. The lowest BCUT2D eigenvalue weighted by molar-refractivity contribution is 0.226. The van der Waals surface area contributed by atoms with E-state index >= 15 is 0 Å². The van der Waals surface area contributed by atoms with Crippen LogP contribution in [-0.2, 0) is 0 Å². The summed E-state index contributed by atoms with van der Waals surface area (Å²) in [4.78, 5) is 8.72. The van der Waals surface area contributed by atoms with Gasteiger partial charge in [0.2, 0.25) is 5.88 Å². The molecule has 1 unspecified atom stereocenters. The molecular formula is C18H22Cl2N2O. The van der Waals surface area contributed by atoms with Crippen LogP contribution in [0.2, 0.25) is 10.2 Å². The highest BCUT2D eigenvalue weighted by Crippen LogP contribution is 2.24. The van der Waals surface area contributed by atoms with Crippen LogP contribution in [0.15, 0.2) is 30.3 Å². The van der Waals surface area contributed by atoms with Gasteiger partial charge >= 0.3 is 0 Å². The zero-order chi connectivity index (χ0) is 16.7. The van der Waals surface area contributed by atoms with Crippen LogP contribution in [0, 0.1) is 5.92 Å². The molecule has 0 aliphatic heterocycles. The number of nitrogens with zero attached hydrogens (tertiary/aromatic N) is 2. The number of unbranched alkanes of at least 4 members (excludes halogenated alkanes) is 1. The van der Waals surface area contributed by atoms with Gasteiger partial charge < -0.3 is 4.74 Å². The first-order valence-corrected chi connectivity index (χ1v) is 8.81. The van der Waals surface area contributed by atoms with Gasteiger partial charge in [0.25, 0.3) is 0 Å². The largest absolute Gasteiger partial charge is 0.477 e. The molecule has 0 N–H and O–H groups in total. The first kappa shape index (κ1) is 18.0. The first-order chi connectivity index (χ1) is 11.1. The summed E-state index contributed by atoms with van der Waals surface area (Å²) in [5, 5.41) is 1.05. The van der Waals surface area contributed by atoms with Gasteiger partial charge in [-0.3, -0.25) is 0 Å². The molecule has 124 valence electrons. The fourth-order valence-electron chi connectivity index (χ4n) is 2.30. The summed E-state index contributed by atoms with van der Waals surface area (Å²) in [6.07, 6.45) is 4.71. The molecule has 0 radical (unpaired) electrons. The van der Waals surface area contributed by atoms with Gasteiger partial charge in [0, 0.05) is 16.7 Å². The van der Waals surface area contributed by atoms with E-state index in [2.05, 4.69) is 23.8 Å². The maximum Gasteiger partial charge on any atom is 0.218 e. The third-order valence-electron chi connectivity index (χ3n) is 3.78. The number of halogens is 2. The summed E-state index contributed by atoms with van der Waals surface area (Å²) in [5.41, 5.74) is 0.861.